The van der Waals surface area contributed by atoms with Gasteiger partial charge in [0.05, 0.1) is 29.3 Å². The molecule has 11 nitrogen and oxygen atoms in total. The molecule has 0 saturated heterocycles. The van der Waals surface area contributed by atoms with Crippen LogP contribution in [0.1, 0.15) is 42.0 Å². The van der Waals surface area contributed by atoms with E-state index in [1.165, 1.54) is 27.8 Å². The number of thiazole rings is 1. The van der Waals surface area contributed by atoms with Crippen molar-refractivity contribution in [3.8, 4) is 10.6 Å². The number of nitrogens with one attached hydrogen (secondary N) is 3. The Hall–Kier alpha value is -5.11. The second-order valence-electron chi connectivity index (χ2n) is 13.2. The van der Waals surface area contributed by atoms with Gasteiger partial charge in [-0.2, -0.15) is 0 Å². The summed E-state index contributed by atoms with van der Waals surface area (Å²) >= 11 is 2.75. The number of hydrogen-bond donors (Lipinski definition) is 4. The highest BCUT2D eigenvalue weighted by atomic mass is 32.1. The molecule has 0 spiro atoms. The number of rotatable bonds is 17. The van der Waals surface area contributed by atoms with Gasteiger partial charge in [0.2, 0.25) is 5.91 Å². The normalized spacial score (nSPS) is 13.4. The summed E-state index contributed by atoms with van der Waals surface area (Å²) < 4.78 is 9.47. The Balaban J connectivity index is 1.26. The van der Waals surface area contributed by atoms with Gasteiger partial charge in [-0.25, -0.2) is 18.9 Å². The maximum Gasteiger partial charge on any atom is 0.407 e. The van der Waals surface area contributed by atoms with Gasteiger partial charge >= 0.3 is 12.1 Å². The fourth-order valence-electron chi connectivity index (χ4n) is 5.82. The Morgan fingerprint density at radius 3 is 2.11 bits per heavy atom. The number of nitrogens with zero attached hydrogens (tertiary/aromatic N) is 3. The number of aliphatic hydroxyl groups excluding tert-OH is 1. The molecule has 0 radical (unpaired) electrons. The monoisotopic (exact) mass is 754 g/mol. The minimum absolute atomic E-state index is 0.0628. The Morgan fingerprint density at radius 1 is 0.849 bits per heavy atom. The molecule has 13 heteroatoms. The molecular formula is C40H46N6O5S2. The maximum atomic E-state index is 13.9. The number of carbonyl (C=O) groups excluding carboxylic acids is 3. The zero-order valence-corrected chi connectivity index (χ0v) is 31.7. The van der Waals surface area contributed by atoms with Crippen molar-refractivity contribution in [2.24, 2.45) is 5.92 Å². The molecule has 53 heavy (non-hydrogen) atoms. The van der Waals surface area contributed by atoms with Gasteiger partial charge in [-0.05, 0) is 53.9 Å². The number of ether oxygens (including phenoxy) is 1. The molecule has 278 valence electrons. The number of alkyl carbamates (subject to hydrolysis) is 1. The number of amides is 4. The van der Waals surface area contributed by atoms with E-state index in [4.69, 9.17) is 9.72 Å². The second-order valence-corrected chi connectivity index (χ2v) is 15.0. The number of hydrogen-bond acceptors (Lipinski definition) is 9. The summed E-state index contributed by atoms with van der Waals surface area (Å²) in [5.74, 6) is -0.606. The van der Waals surface area contributed by atoms with Crippen molar-refractivity contribution >= 4 is 40.9 Å². The van der Waals surface area contributed by atoms with E-state index in [9.17, 15) is 19.5 Å². The topological polar surface area (TPSA) is 146 Å². The van der Waals surface area contributed by atoms with Crippen LogP contribution in [0.15, 0.2) is 109 Å². The predicted molar refractivity (Wildman–Crippen MR) is 208 cm³/mol. The van der Waals surface area contributed by atoms with Crippen LogP contribution in [0.4, 0.5) is 9.59 Å². The summed E-state index contributed by atoms with van der Waals surface area (Å²) in [5.41, 5.74) is 3.64. The first kappa shape index (κ1) is 39.1. The molecule has 0 bridgehead atoms. The smallest absolute Gasteiger partial charge is 0.407 e. The lowest BCUT2D eigenvalue weighted by atomic mass is 9.93. The van der Waals surface area contributed by atoms with Crippen LogP contribution in [0.2, 0.25) is 0 Å². The average molecular weight is 755 g/mol. The van der Waals surface area contributed by atoms with E-state index in [-0.39, 0.29) is 31.4 Å². The van der Waals surface area contributed by atoms with E-state index in [0.29, 0.717) is 12.8 Å². The highest BCUT2D eigenvalue weighted by molar-refractivity contribution is 7.13. The lowest BCUT2D eigenvalue weighted by Crippen LogP contribution is -2.55. The predicted octanol–water partition coefficient (Wildman–Crippen LogP) is 6.45. The number of aromatic nitrogens is 2. The van der Waals surface area contributed by atoms with Crippen LogP contribution in [-0.2, 0) is 35.5 Å². The SMILES string of the molecule is CC(C)[C@H](NC(=O)N(C)Cc1csc(-c2ccccc2)n1)C(=O)N[C@@H](Cc1ccccc1)C[C@H](O)[C@H](Cc1ccccc1)NC(=O)OCc1ccns1. The minimum Gasteiger partial charge on any atom is -0.444 e. The second kappa shape index (κ2) is 19.6. The molecule has 0 aliphatic rings. The van der Waals surface area contributed by atoms with Crippen molar-refractivity contribution in [1.29, 1.82) is 0 Å². The van der Waals surface area contributed by atoms with Crippen molar-refractivity contribution in [3.63, 3.8) is 0 Å². The van der Waals surface area contributed by atoms with E-state index >= 15 is 0 Å². The zero-order chi connectivity index (χ0) is 37.6. The molecule has 0 saturated carbocycles. The highest BCUT2D eigenvalue weighted by Gasteiger charge is 2.31. The molecule has 4 N–H and O–H groups in total. The fraction of sp³-hybridized carbons (Fsp3) is 0.325. The summed E-state index contributed by atoms with van der Waals surface area (Å²) in [4.78, 5) is 47.3. The number of aliphatic hydroxyl groups is 1. The van der Waals surface area contributed by atoms with Crippen molar-refractivity contribution in [2.45, 2.75) is 70.5 Å². The Labute approximate surface area is 318 Å². The Kier molecular flexibility index (Phi) is 14.5. The van der Waals surface area contributed by atoms with Crippen LogP contribution in [0.5, 0.6) is 0 Å². The molecule has 3 aromatic carbocycles. The molecule has 2 aromatic heterocycles. The van der Waals surface area contributed by atoms with E-state index in [2.05, 4.69) is 20.3 Å². The molecule has 4 atom stereocenters. The fourth-order valence-corrected chi connectivity index (χ4v) is 7.13. The van der Waals surface area contributed by atoms with Crippen LogP contribution < -0.4 is 16.0 Å². The van der Waals surface area contributed by atoms with Crippen LogP contribution in [0, 0.1) is 5.92 Å². The standard InChI is InChI=1S/C40H46N6O5S2/c1-27(2)36(45-39(49)46(3)24-32-26-52-38(43-32)30-17-11-6-12-18-30)37(48)42-31(21-28-13-7-4-8-14-28)23-35(47)34(22-29-15-9-5-10-16-29)44-40(50)51-25-33-19-20-41-53-33/h4-20,26-27,31,34-36,47H,21-25H2,1-3H3,(H,42,48)(H,44,50)(H,45,49)/t31-,34-,35-,36-/m0/s1. The van der Waals surface area contributed by atoms with Crippen LogP contribution in [0.25, 0.3) is 10.6 Å². The van der Waals surface area contributed by atoms with Gasteiger partial charge in [0.15, 0.2) is 0 Å². The van der Waals surface area contributed by atoms with Crippen LogP contribution in [0.3, 0.4) is 0 Å². The first-order chi connectivity index (χ1) is 25.6. The number of carbonyl (C=O) groups is 3. The quantitative estimate of drug-likeness (QED) is 0.0854. The van der Waals surface area contributed by atoms with Gasteiger partial charge in [0, 0.05) is 30.2 Å². The average Bonchev–Trinajstić information content (AvgIpc) is 3.86. The van der Waals surface area contributed by atoms with Crippen molar-refractivity contribution < 1.29 is 24.2 Å². The molecule has 0 fully saturated rings. The molecule has 4 amide bonds. The van der Waals surface area contributed by atoms with Crippen molar-refractivity contribution in [3.05, 3.63) is 130 Å². The van der Waals surface area contributed by atoms with Crippen LogP contribution >= 0.6 is 22.9 Å². The van der Waals surface area contributed by atoms with Crippen molar-refractivity contribution in [2.75, 3.05) is 7.05 Å². The Bertz CT molecular complexity index is 1860. The number of benzene rings is 3. The zero-order valence-electron chi connectivity index (χ0n) is 30.1. The third-order valence-corrected chi connectivity index (χ3v) is 10.3. The van der Waals surface area contributed by atoms with Crippen molar-refractivity contribution in [1.82, 2.24) is 30.2 Å². The van der Waals surface area contributed by atoms with E-state index < -0.39 is 36.4 Å². The first-order valence-corrected chi connectivity index (χ1v) is 19.2. The summed E-state index contributed by atoms with van der Waals surface area (Å²) in [6.45, 7) is 4.08. The van der Waals surface area contributed by atoms with Gasteiger partial charge in [0.1, 0.15) is 17.7 Å². The minimum atomic E-state index is -1.06. The van der Waals surface area contributed by atoms with Crippen LogP contribution in [-0.4, -0.2) is 68.7 Å². The third-order valence-electron chi connectivity index (χ3n) is 8.65. The van der Waals surface area contributed by atoms with Gasteiger partial charge in [0.25, 0.3) is 0 Å². The molecule has 5 aromatic rings. The molecule has 0 aliphatic carbocycles. The first-order valence-electron chi connectivity index (χ1n) is 17.5. The summed E-state index contributed by atoms with van der Waals surface area (Å²) in [6, 6.07) is 28.4. The van der Waals surface area contributed by atoms with Gasteiger partial charge in [-0.3, -0.25) is 4.79 Å². The molecule has 5 rings (SSSR count). The maximum absolute atomic E-state index is 13.9. The highest BCUT2D eigenvalue weighted by Crippen LogP contribution is 2.24. The van der Waals surface area contributed by atoms with E-state index in [1.54, 1.807) is 19.3 Å². The summed E-state index contributed by atoms with van der Waals surface area (Å²) in [7, 11) is 1.67. The summed E-state index contributed by atoms with van der Waals surface area (Å²) in [5, 5.41) is 23.4. The van der Waals surface area contributed by atoms with E-state index in [1.807, 2.05) is 110 Å². The summed E-state index contributed by atoms with van der Waals surface area (Å²) in [6.07, 6.45) is 0.803. The van der Waals surface area contributed by atoms with Gasteiger partial charge in [-0.1, -0.05) is 105 Å². The molecule has 0 unspecified atom stereocenters. The van der Waals surface area contributed by atoms with E-state index in [0.717, 1.165) is 32.3 Å². The number of urea groups is 1. The lowest BCUT2D eigenvalue weighted by molar-refractivity contribution is -0.124. The lowest BCUT2D eigenvalue weighted by Gasteiger charge is -2.30. The molecule has 0 aliphatic heterocycles. The third kappa shape index (κ3) is 12.2. The molecule has 2 heterocycles. The largest absolute Gasteiger partial charge is 0.444 e. The Morgan fingerprint density at radius 2 is 1.49 bits per heavy atom. The van der Waals surface area contributed by atoms with Gasteiger partial charge < -0.3 is 30.7 Å². The molecular weight excluding hydrogens is 709 g/mol. The van der Waals surface area contributed by atoms with Gasteiger partial charge in [-0.15, -0.1) is 11.3 Å².